The van der Waals surface area contributed by atoms with Gasteiger partial charge in [0.15, 0.2) is 5.11 Å². The van der Waals surface area contributed by atoms with Gasteiger partial charge in [0, 0.05) is 48.7 Å². The molecule has 5 rings (SSSR count). The zero-order chi connectivity index (χ0) is 24.4. The summed E-state index contributed by atoms with van der Waals surface area (Å²) in [5, 5.41) is 9.33. The van der Waals surface area contributed by atoms with Crippen LogP contribution in [-0.4, -0.2) is 32.0 Å². The number of rotatable bonds is 7. The molecule has 0 unspecified atom stereocenters. The van der Waals surface area contributed by atoms with Gasteiger partial charge < -0.3 is 20.1 Å². The first-order chi connectivity index (χ1) is 17.0. The molecule has 4 aromatic rings. The zero-order valence-electron chi connectivity index (χ0n) is 19.9. The predicted molar refractivity (Wildman–Crippen MR) is 144 cm³/mol. The highest BCUT2D eigenvalue weighted by molar-refractivity contribution is 7.80. The van der Waals surface area contributed by atoms with Gasteiger partial charge in [0.2, 0.25) is 5.91 Å². The third kappa shape index (κ3) is 4.77. The van der Waals surface area contributed by atoms with Crippen molar-refractivity contribution in [2.24, 2.45) is 0 Å². The summed E-state index contributed by atoms with van der Waals surface area (Å²) < 4.78 is 2.19. The first-order valence-corrected chi connectivity index (χ1v) is 12.3. The van der Waals surface area contributed by atoms with Gasteiger partial charge in [-0.1, -0.05) is 42.5 Å². The topological polar surface area (TPSA) is 62.2 Å². The van der Waals surface area contributed by atoms with Gasteiger partial charge in [-0.3, -0.25) is 9.78 Å². The minimum Gasteiger partial charge on any atom is -0.352 e. The smallest absolute Gasteiger partial charge is 0.226 e. The van der Waals surface area contributed by atoms with E-state index in [4.69, 9.17) is 12.2 Å². The second-order valence-corrected chi connectivity index (χ2v) is 9.52. The molecule has 0 aliphatic carbocycles. The predicted octanol–water partition coefficient (Wildman–Crippen LogP) is 5.62. The van der Waals surface area contributed by atoms with E-state index in [1.165, 1.54) is 0 Å². The van der Waals surface area contributed by atoms with Crippen molar-refractivity contribution in [3.63, 3.8) is 0 Å². The Morgan fingerprint density at radius 2 is 1.89 bits per heavy atom. The summed E-state index contributed by atoms with van der Waals surface area (Å²) in [4.78, 5) is 19.7. The second-order valence-electron chi connectivity index (χ2n) is 9.13. The molecule has 3 heterocycles. The Bertz CT molecular complexity index is 1340. The monoisotopic (exact) mass is 483 g/mol. The number of hydrogen-bond donors (Lipinski definition) is 2. The molecule has 1 aliphatic rings. The number of anilines is 1. The molecule has 1 aliphatic heterocycles. The third-order valence-corrected chi connectivity index (χ3v) is 6.87. The van der Waals surface area contributed by atoms with E-state index >= 15 is 0 Å². The van der Waals surface area contributed by atoms with E-state index in [1.54, 1.807) is 6.20 Å². The minimum atomic E-state index is -0.0900. The van der Waals surface area contributed by atoms with Gasteiger partial charge >= 0.3 is 0 Å². The lowest BCUT2D eigenvalue weighted by Crippen LogP contribution is -2.32. The number of fused-ring (bicyclic) bond motifs is 1. The highest BCUT2D eigenvalue weighted by Crippen LogP contribution is 2.39. The van der Waals surface area contributed by atoms with Crippen molar-refractivity contribution in [1.82, 2.24) is 19.8 Å². The number of benzene rings is 2. The molecule has 7 heteroatoms. The van der Waals surface area contributed by atoms with E-state index in [0.717, 1.165) is 27.7 Å². The SMILES string of the molecule is CC(C)n1ccc([C@H]2[C@H](c3ccccn3)NC(=S)N2CCC(=O)Nc2cccc3ccccc23)c1. The Hall–Kier alpha value is -3.71. The molecule has 1 saturated heterocycles. The minimum absolute atomic E-state index is 0.0380. The molecule has 0 spiro atoms. The Morgan fingerprint density at radius 1 is 1.09 bits per heavy atom. The summed E-state index contributed by atoms with van der Waals surface area (Å²) >= 11 is 5.75. The normalized spacial score (nSPS) is 17.7. The van der Waals surface area contributed by atoms with Gasteiger partial charge in [0.25, 0.3) is 0 Å². The molecule has 2 atom stereocenters. The number of pyridine rings is 1. The molecule has 0 saturated carbocycles. The fourth-order valence-electron chi connectivity index (χ4n) is 4.71. The first-order valence-electron chi connectivity index (χ1n) is 11.9. The molecule has 0 bridgehead atoms. The van der Waals surface area contributed by atoms with Crippen LogP contribution in [0.25, 0.3) is 10.8 Å². The molecule has 6 nitrogen and oxygen atoms in total. The van der Waals surface area contributed by atoms with Crippen molar-refractivity contribution in [1.29, 1.82) is 0 Å². The summed E-state index contributed by atoms with van der Waals surface area (Å²) in [6.45, 7) is 4.82. The lowest BCUT2D eigenvalue weighted by molar-refractivity contribution is -0.116. The van der Waals surface area contributed by atoms with E-state index < -0.39 is 0 Å². The number of nitrogens with one attached hydrogen (secondary N) is 2. The number of carbonyl (C=O) groups is 1. The number of thiocarbonyl (C=S) groups is 1. The molecular weight excluding hydrogens is 454 g/mol. The van der Waals surface area contributed by atoms with E-state index in [2.05, 4.69) is 57.4 Å². The largest absolute Gasteiger partial charge is 0.352 e. The molecule has 2 aromatic carbocycles. The van der Waals surface area contributed by atoms with Gasteiger partial charge in [0.05, 0.1) is 17.8 Å². The molecule has 178 valence electrons. The van der Waals surface area contributed by atoms with Gasteiger partial charge in [0.1, 0.15) is 0 Å². The van der Waals surface area contributed by atoms with Crippen LogP contribution in [0.15, 0.2) is 85.3 Å². The van der Waals surface area contributed by atoms with Crippen LogP contribution in [0, 0.1) is 0 Å². The summed E-state index contributed by atoms with van der Waals surface area (Å²) in [6.07, 6.45) is 6.39. The Kier molecular flexibility index (Phi) is 6.51. The van der Waals surface area contributed by atoms with Crippen LogP contribution >= 0.6 is 12.2 Å². The zero-order valence-corrected chi connectivity index (χ0v) is 20.7. The molecule has 1 amide bonds. The average molecular weight is 484 g/mol. The molecule has 2 N–H and O–H groups in total. The lowest BCUT2D eigenvalue weighted by Gasteiger charge is -2.27. The van der Waals surface area contributed by atoms with Crippen molar-refractivity contribution in [2.45, 2.75) is 38.4 Å². The molecule has 0 radical (unpaired) electrons. The highest BCUT2D eigenvalue weighted by atomic mass is 32.1. The fourth-order valence-corrected chi connectivity index (χ4v) is 5.04. The van der Waals surface area contributed by atoms with Crippen LogP contribution in [0.2, 0.25) is 0 Å². The van der Waals surface area contributed by atoms with Crippen LogP contribution in [0.1, 0.15) is 49.7 Å². The molecular formula is C28H29N5OS. The maximum atomic E-state index is 13.0. The maximum Gasteiger partial charge on any atom is 0.226 e. The van der Waals surface area contributed by atoms with Gasteiger partial charge in [-0.05, 0) is 61.3 Å². The van der Waals surface area contributed by atoms with Crippen LogP contribution in [0.3, 0.4) is 0 Å². The summed E-state index contributed by atoms with van der Waals surface area (Å²) in [5.41, 5.74) is 2.91. The van der Waals surface area contributed by atoms with Crippen molar-refractivity contribution in [3.05, 3.63) is 96.6 Å². The van der Waals surface area contributed by atoms with Crippen molar-refractivity contribution in [3.8, 4) is 0 Å². The third-order valence-electron chi connectivity index (χ3n) is 6.52. The van der Waals surface area contributed by atoms with Crippen molar-refractivity contribution < 1.29 is 4.79 Å². The standard InChI is InChI=1S/C28H29N5OS/c1-19(2)32-16-13-21(18-32)27-26(24-11-5-6-15-29-24)31-28(35)33(27)17-14-25(34)30-23-12-7-9-20-8-3-4-10-22(20)23/h3-13,15-16,18-19,26-27H,14,17H2,1-2H3,(H,30,34)(H,31,35)/t26-,27-/m0/s1. The van der Waals surface area contributed by atoms with Crippen molar-refractivity contribution in [2.75, 3.05) is 11.9 Å². The number of hydrogen-bond acceptors (Lipinski definition) is 3. The quantitative estimate of drug-likeness (QED) is 0.334. The number of nitrogens with zero attached hydrogens (tertiary/aromatic N) is 3. The van der Waals surface area contributed by atoms with Gasteiger partial charge in [-0.15, -0.1) is 0 Å². The first kappa shape index (κ1) is 23.1. The van der Waals surface area contributed by atoms with E-state index in [-0.39, 0.29) is 18.0 Å². The van der Waals surface area contributed by atoms with Crippen LogP contribution in [0.5, 0.6) is 0 Å². The maximum absolute atomic E-state index is 13.0. The summed E-state index contributed by atoms with van der Waals surface area (Å²) in [7, 11) is 0. The van der Waals surface area contributed by atoms with Crippen molar-refractivity contribution >= 4 is 39.7 Å². The summed E-state index contributed by atoms with van der Waals surface area (Å²) in [5.74, 6) is -0.0380. The lowest BCUT2D eigenvalue weighted by atomic mass is 9.99. The molecule has 35 heavy (non-hydrogen) atoms. The fraction of sp³-hybridized carbons (Fsp3) is 0.250. The highest BCUT2D eigenvalue weighted by Gasteiger charge is 2.40. The van der Waals surface area contributed by atoms with Crippen LogP contribution in [0.4, 0.5) is 5.69 Å². The summed E-state index contributed by atoms with van der Waals surface area (Å²) in [6, 6.07) is 22.3. The average Bonchev–Trinajstić information content (AvgIpc) is 3.48. The Labute approximate surface area is 211 Å². The van der Waals surface area contributed by atoms with Gasteiger partial charge in [-0.25, -0.2) is 0 Å². The second kappa shape index (κ2) is 9.88. The van der Waals surface area contributed by atoms with E-state index in [0.29, 0.717) is 24.1 Å². The van der Waals surface area contributed by atoms with E-state index in [9.17, 15) is 4.79 Å². The number of amides is 1. The molecule has 1 fully saturated rings. The van der Waals surface area contributed by atoms with Crippen LogP contribution < -0.4 is 10.6 Å². The number of carbonyl (C=O) groups excluding carboxylic acids is 1. The number of aromatic nitrogens is 2. The van der Waals surface area contributed by atoms with Gasteiger partial charge in [-0.2, -0.15) is 0 Å². The Balaban J connectivity index is 1.36. The van der Waals surface area contributed by atoms with Crippen LogP contribution in [-0.2, 0) is 4.79 Å². The Morgan fingerprint density at radius 3 is 2.66 bits per heavy atom. The van der Waals surface area contributed by atoms with E-state index in [1.807, 2.05) is 60.7 Å². The molecule has 2 aromatic heterocycles.